The number of H-pyrrole nitrogens is 1. The van der Waals surface area contributed by atoms with E-state index in [2.05, 4.69) is 20.6 Å². The molecule has 6 N–H and O–H groups in total. The topological polar surface area (TPSA) is 304 Å². The number of aryl methyl sites for hydroxylation is 1. The van der Waals surface area contributed by atoms with Crippen LogP contribution in [0.15, 0.2) is 12.5 Å². The molecule has 1 aromatic heterocycles. The van der Waals surface area contributed by atoms with Gasteiger partial charge in [0.05, 0.1) is 51.2 Å². The second kappa shape index (κ2) is 52.6. The zero-order chi connectivity index (χ0) is 61.0. The third-order valence-corrected chi connectivity index (χ3v) is 15.2. The number of amides is 2. The van der Waals surface area contributed by atoms with E-state index < -0.39 is 29.7 Å². The molecule has 1 saturated carbocycles. The lowest BCUT2D eigenvalue weighted by Crippen LogP contribution is -2.31. The van der Waals surface area contributed by atoms with Gasteiger partial charge in [-0.25, -0.2) is 4.98 Å². The molecule has 1 aliphatic carbocycles. The highest BCUT2D eigenvalue weighted by Gasteiger charge is 2.30. The van der Waals surface area contributed by atoms with Gasteiger partial charge in [0.15, 0.2) is 5.78 Å². The van der Waals surface area contributed by atoms with E-state index in [9.17, 15) is 53.4 Å². The fraction of sp³-hybridized carbons (Fsp3) is 0.810. The molecule has 0 saturated heterocycles. The first-order valence-corrected chi connectivity index (χ1v) is 31.7. The van der Waals surface area contributed by atoms with Crippen LogP contribution in [-0.2, 0) is 68.5 Å². The molecule has 1 heterocycles. The van der Waals surface area contributed by atoms with Crippen LogP contribution < -0.4 is 10.6 Å². The zero-order valence-corrected chi connectivity index (χ0v) is 50.9. The number of aromatic nitrogens is 2. The van der Waals surface area contributed by atoms with Gasteiger partial charge < -0.3 is 49.9 Å². The molecular weight excluding hydrogens is 1070 g/mol. The molecular formula is C63H108N4O16. The number of carbonyl (C=O) groups excluding carboxylic acids is 6. The summed E-state index contributed by atoms with van der Waals surface area (Å²) in [5.74, 6) is -3.88. The van der Waals surface area contributed by atoms with Crippen LogP contribution in [0.4, 0.5) is 0 Å². The van der Waals surface area contributed by atoms with Crippen molar-refractivity contribution in [2.45, 2.75) is 239 Å². The number of ketones is 4. The number of ether oxygens (including phenoxy) is 4. The summed E-state index contributed by atoms with van der Waals surface area (Å²) >= 11 is 0. The number of aromatic amines is 1. The molecule has 1 aromatic rings. The lowest BCUT2D eigenvalue weighted by Gasteiger charge is -2.28. The van der Waals surface area contributed by atoms with E-state index in [0.29, 0.717) is 116 Å². The van der Waals surface area contributed by atoms with Crippen LogP contribution in [0, 0.1) is 23.7 Å². The Morgan fingerprint density at radius 2 is 1.06 bits per heavy atom. The van der Waals surface area contributed by atoms with Crippen LogP contribution in [0.1, 0.15) is 238 Å². The van der Waals surface area contributed by atoms with Crippen LogP contribution >= 0.6 is 0 Å². The minimum Gasteiger partial charge on any atom is -0.481 e. The first kappa shape index (κ1) is 76.1. The van der Waals surface area contributed by atoms with Crippen LogP contribution in [-0.4, -0.2) is 144 Å². The normalized spacial score (nSPS) is 14.7. The molecule has 0 aromatic carbocycles. The van der Waals surface area contributed by atoms with Gasteiger partial charge in [0.25, 0.3) is 0 Å². The molecule has 0 aliphatic heterocycles. The van der Waals surface area contributed by atoms with E-state index in [1.54, 1.807) is 12.5 Å². The average Bonchev–Trinajstić information content (AvgIpc) is 4.10. The molecule has 1 aliphatic rings. The molecule has 83 heavy (non-hydrogen) atoms. The van der Waals surface area contributed by atoms with E-state index in [0.717, 1.165) is 69.9 Å². The number of aliphatic carboxylic acids is 3. The molecule has 20 heteroatoms. The maximum Gasteiger partial charge on any atom is 0.306 e. The Balaban J connectivity index is 0.000000842. The molecule has 2 amide bonds. The summed E-state index contributed by atoms with van der Waals surface area (Å²) in [6.45, 7) is 6.91. The van der Waals surface area contributed by atoms with Gasteiger partial charge in [0.2, 0.25) is 11.8 Å². The van der Waals surface area contributed by atoms with Gasteiger partial charge in [-0.15, -0.1) is 0 Å². The smallest absolute Gasteiger partial charge is 0.306 e. The second-order valence-corrected chi connectivity index (χ2v) is 22.3. The van der Waals surface area contributed by atoms with Crippen molar-refractivity contribution in [3.8, 4) is 0 Å². The first-order chi connectivity index (χ1) is 40.1. The predicted molar refractivity (Wildman–Crippen MR) is 317 cm³/mol. The van der Waals surface area contributed by atoms with E-state index >= 15 is 0 Å². The lowest BCUT2D eigenvalue weighted by atomic mass is 9.76. The summed E-state index contributed by atoms with van der Waals surface area (Å²) in [5, 5.41) is 32.9. The van der Waals surface area contributed by atoms with Crippen molar-refractivity contribution in [3.63, 3.8) is 0 Å². The number of unbranched alkanes of at least 4 members (excludes halogenated alkanes) is 17. The maximum atomic E-state index is 12.8. The quantitative estimate of drug-likeness (QED) is 0.0330. The van der Waals surface area contributed by atoms with Gasteiger partial charge in [-0.05, 0) is 90.4 Å². The monoisotopic (exact) mass is 1180 g/mol. The van der Waals surface area contributed by atoms with Gasteiger partial charge in [-0.1, -0.05) is 103 Å². The Labute approximate surface area is 495 Å². The highest BCUT2D eigenvalue weighted by molar-refractivity contribution is 5.86. The largest absolute Gasteiger partial charge is 0.481 e. The number of carboxylic acids is 3. The number of carboxylic acid groups (broad SMARTS) is 3. The number of hydrogen-bond acceptors (Lipinski definition) is 14. The number of carbonyl (C=O) groups is 9. The highest BCUT2D eigenvalue weighted by Crippen LogP contribution is 2.34. The molecule has 0 radical (unpaired) electrons. The third kappa shape index (κ3) is 46.1. The predicted octanol–water partition coefficient (Wildman–Crippen LogP) is 10.5. The van der Waals surface area contributed by atoms with E-state index in [4.69, 9.17) is 24.1 Å². The van der Waals surface area contributed by atoms with Crippen LogP contribution in [0.2, 0.25) is 0 Å². The molecule has 1 fully saturated rings. The Morgan fingerprint density at radius 1 is 0.530 bits per heavy atom. The van der Waals surface area contributed by atoms with Crippen molar-refractivity contribution in [3.05, 3.63) is 18.2 Å². The standard InChI is InChI=1S/C37H65NO7.C26H43N3O9/c1-2-38-35(41)28-26-32(37(44)45)29-34(40)31-24-21-30(22-25-31)23-27-33(39)19-17-15-13-11-9-7-5-3-4-6-8-10-12-14-16-18-20-36(42)43;1-2-35-12-14-38-19-25(32)28-10-11-36-13-15-37-18-24(31)7-5-3-4-6-21(26(33)34)16-23(30)9-8-22-17-27-20-29-22/h30-32H,2-29H2,1H3,(H,38,41)(H,42,43)(H,44,45);17,20-21H,2-16,18-19H2,1H3,(H,27,29)(H,28,32)(H,33,34)/t30?,31?,32-;21-/m11/s1. The zero-order valence-electron chi connectivity index (χ0n) is 50.9. The fourth-order valence-corrected chi connectivity index (χ4v) is 10.1. The number of rotatable bonds is 56. The first-order valence-electron chi connectivity index (χ1n) is 31.7. The van der Waals surface area contributed by atoms with Crippen LogP contribution in [0.5, 0.6) is 0 Å². The summed E-state index contributed by atoms with van der Waals surface area (Å²) in [5.41, 5.74) is 0.850. The average molecular weight is 1180 g/mol. The van der Waals surface area contributed by atoms with E-state index in [1.807, 2.05) is 13.8 Å². The molecule has 0 spiro atoms. The Hall–Kier alpha value is -4.92. The van der Waals surface area contributed by atoms with Gasteiger partial charge in [-0.3, -0.25) is 43.2 Å². The summed E-state index contributed by atoms with van der Waals surface area (Å²) < 4.78 is 20.9. The highest BCUT2D eigenvalue weighted by atomic mass is 16.5. The maximum absolute atomic E-state index is 12.8. The minimum absolute atomic E-state index is 0.00175. The van der Waals surface area contributed by atoms with Gasteiger partial charge in [0, 0.05) is 88.9 Å². The molecule has 20 nitrogen and oxygen atoms in total. The Morgan fingerprint density at radius 3 is 1.61 bits per heavy atom. The second-order valence-electron chi connectivity index (χ2n) is 22.3. The number of hydrogen-bond donors (Lipinski definition) is 6. The SMILES string of the molecule is CCNC(=O)CC[C@H](CC(=O)C1CCC(CCC(=O)CCCCCCCCCCCCCCCCCCC(=O)O)CC1)C(=O)O.CCOCCOCC(=O)NCCOCCOCC(=O)CCCCC[C@H](CC(=O)CCc1cnc[nH]1)C(=O)O. The molecule has 2 atom stereocenters. The lowest BCUT2D eigenvalue weighted by molar-refractivity contribution is -0.145. The van der Waals surface area contributed by atoms with Crippen molar-refractivity contribution in [1.82, 2.24) is 20.6 Å². The van der Waals surface area contributed by atoms with Crippen LogP contribution in [0.25, 0.3) is 0 Å². The molecule has 2 rings (SSSR count). The third-order valence-electron chi connectivity index (χ3n) is 15.2. The Kier molecular flexibility index (Phi) is 48.2. The molecule has 0 bridgehead atoms. The van der Waals surface area contributed by atoms with Gasteiger partial charge in [0.1, 0.15) is 30.6 Å². The fourth-order valence-electron chi connectivity index (χ4n) is 10.1. The molecule has 476 valence electrons. The number of imidazole rings is 1. The summed E-state index contributed by atoms with van der Waals surface area (Å²) in [6.07, 6.45) is 32.4. The van der Waals surface area contributed by atoms with Crippen molar-refractivity contribution in [2.75, 3.05) is 65.9 Å². The molecule has 0 unspecified atom stereocenters. The van der Waals surface area contributed by atoms with E-state index in [1.165, 1.54) is 70.6 Å². The van der Waals surface area contributed by atoms with Crippen molar-refractivity contribution < 1.29 is 77.4 Å². The van der Waals surface area contributed by atoms with Gasteiger partial charge >= 0.3 is 17.9 Å². The number of nitrogens with one attached hydrogen (secondary N) is 3. The van der Waals surface area contributed by atoms with Gasteiger partial charge in [-0.2, -0.15) is 0 Å². The summed E-state index contributed by atoms with van der Waals surface area (Å²) in [4.78, 5) is 113. The van der Waals surface area contributed by atoms with E-state index in [-0.39, 0.29) is 87.0 Å². The van der Waals surface area contributed by atoms with Crippen LogP contribution in [0.3, 0.4) is 0 Å². The van der Waals surface area contributed by atoms with Crippen molar-refractivity contribution in [2.24, 2.45) is 23.7 Å². The van der Waals surface area contributed by atoms with Crippen molar-refractivity contribution in [1.29, 1.82) is 0 Å². The number of nitrogens with zero attached hydrogens (tertiary/aromatic N) is 1. The van der Waals surface area contributed by atoms with Crippen molar-refractivity contribution >= 4 is 52.9 Å². The number of Topliss-reactive ketones (excluding diaryl/α,β-unsaturated/α-hetero) is 4. The minimum atomic E-state index is -1.01. The summed E-state index contributed by atoms with van der Waals surface area (Å²) in [7, 11) is 0. The summed E-state index contributed by atoms with van der Waals surface area (Å²) in [6, 6.07) is 0. The Bertz CT molecular complexity index is 1890.